The van der Waals surface area contributed by atoms with Gasteiger partial charge < -0.3 is 19.9 Å². The standard InChI is InChI=1S/C16H24N2O4/c1-12(2)22-16(19)13-3-4-15(14(17)11-13)21-10-7-18-5-8-20-9-6-18/h3-4,11-12H,5-10,17H2,1-2H3. The van der Waals surface area contributed by atoms with E-state index >= 15 is 0 Å². The first-order valence-corrected chi connectivity index (χ1v) is 7.59. The molecule has 0 radical (unpaired) electrons. The van der Waals surface area contributed by atoms with Crippen LogP contribution in [0.15, 0.2) is 18.2 Å². The summed E-state index contributed by atoms with van der Waals surface area (Å²) in [7, 11) is 0. The molecule has 122 valence electrons. The molecule has 0 aliphatic carbocycles. The molecule has 0 bridgehead atoms. The summed E-state index contributed by atoms with van der Waals surface area (Å²) in [4.78, 5) is 14.1. The average Bonchev–Trinajstić information content (AvgIpc) is 2.49. The minimum Gasteiger partial charge on any atom is -0.490 e. The van der Waals surface area contributed by atoms with Crippen molar-refractivity contribution in [2.24, 2.45) is 0 Å². The van der Waals surface area contributed by atoms with E-state index in [9.17, 15) is 4.79 Å². The summed E-state index contributed by atoms with van der Waals surface area (Å²) in [6, 6.07) is 4.98. The van der Waals surface area contributed by atoms with Gasteiger partial charge in [0.1, 0.15) is 12.4 Å². The molecular formula is C16H24N2O4. The second kappa shape index (κ2) is 8.00. The van der Waals surface area contributed by atoms with Crippen molar-refractivity contribution < 1.29 is 19.0 Å². The Morgan fingerprint density at radius 3 is 2.73 bits per heavy atom. The molecule has 0 saturated carbocycles. The highest BCUT2D eigenvalue weighted by Crippen LogP contribution is 2.23. The fourth-order valence-electron chi connectivity index (χ4n) is 2.20. The topological polar surface area (TPSA) is 74.0 Å². The molecule has 0 atom stereocenters. The lowest BCUT2D eigenvalue weighted by atomic mass is 10.2. The van der Waals surface area contributed by atoms with Gasteiger partial charge in [0.15, 0.2) is 0 Å². The summed E-state index contributed by atoms with van der Waals surface area (Å²) in [5.41, 5.74) is 6.82. The van der Waals surface area contributed by atoms with Crippen LogP contribution in [0.1, 0.15) is 24.2 Å². The number of carbonyl (C=O) groups excluding carboxylic acids is 1. The molecule has 0 aromatic heterocycles. The van der Waals surface area contributed by atoms with Crippen LogP contribution in [0.4, 0.5) is 5.69 Å². The van der Waals surface area contributed by atoms with E-state index in [4.69, 9.17) is 19.9 Å². The van der Waals surface area contributed by atoms with Gasteiger partial charge in [-0.1, -0.05) is 0 Å². The maximum atomic E-state index is 11.8. The van der Waals surface area contributed by atoms with Crippen molar-refractivity contribution in [1.29, 1.82) is 0 Å². The van der Waals surface area contributed by atoms with Gasteiger partial charge in [0, 0.05) is 19.6 Å². The first-order valence-electron chi connectivity index (χ1n) is 7.59. The summed E-state index contributed by atoms with van der Waals surface area (Å²) in [5.74, 6) is 0.218. The van der Waals surface area contributed by atoms with Crippen LogP contribution < -0.4 is 10.5 Å². The fourth-order valence-corrected chi connectivity index (χ4v) is 2.20. The molecule has 6 nitrogen and oxygen atoms in total. The molecule has 6 heteroatoms. The third kappa shape index (κ3) is 4.89. The smallest absolute Gasteiger partial charge is 0.338 e. The van der Waals surface area contributed by atoms with Crippen molar-refractivity contribution in [3.63, 3.8) is 0 Å². The van der Waals surface area contributed by atoms with Crippen molar-refractivity contribution >= 4 is 11.7 Å². The van der Waals surface area contributed by atoms with Crippen molar-refractivity contribution in [3.05, 3.63) is 23.8 Å². The predicted molar refractivity (Wildman–Crippen MR) is 84.2 cm³/mol. The number of nitrogens with zero attached hydrogens (tertiary/aromatic N) is 1. The first-order chi connectivity index (χ1) is 10.6. The van der Waals surface area contributed by atoms with Gasteiger partial charge in [-0.2, -0.15) is 0 Å². The molecule has 0 amide bonds. The van der Waals surface area contributed by atoms with E-state index in [1.807, 2.05) is 13.8 Å². The van der Waals surface area contributed by atoms with Crippen LogP contribution in [0.5, 0.6) is 5.75 Å². The predicted octanol–water partition coefficient (Wildman–Crippen LogP) is 1.54. The molecule has 1 aromatic rings. The Labute approximate surface area is 131 Å². The van der Waals surface area contributed by atoms with Gasteiger partial charge in [0.05, 0.1) is 30.6 Å². The lowest BCUT2D eigenvalue weighted by molar-refractivity contribution is 0.0323. The van der Waals surface area contributed by atoms with Gasteiger partial charge in [-0.3, -0.25) is 4.90 Å². The van der Waals surface area contributed by atoms with Gasteiger partial charge in [0.25, 0.3) is 0 Å². The van der Waals surface area contributed by atoms with Gasteiger partial charge >= 0.3 is 5.97 Å². The first kappa shape index (κ1) is 16.6. The Balaban J connectivity index is 1.85. The van der Waals surface area contributed by atoms with E-state index < -0.39 is 0 Å². The number of hydrogen-bond donors (Lipinski definition) is 1. The number of morpholine rings is 1. The van der Waals surface area contributed by atoms with E-state index in [0.29, 0.717) is 23.6 Å². The number of carbonyl (C=O) groups is 1. The fraction of sp³-hybridized carbons (Fsp3) is 0.562. The number of esters is 1. The molecule has 2 N–H and O–H groups in total. The Hall–Kier alpha value is -1.79. The van der Waals surface area contributed by atoms with Crippen LogP contribution in [-0.2, 0) is 9.47 Å². The third-order valence-corrected chi connectivity index (χ3v) is 3.36. The molecule has 1 aromatic carbocycles. The second-order valence-corrected chi connectivity index (χ2v) is 5.51. The Bertz CT molecular complexity index is 499. The molecule has 22 heavy (non-hydrogen) atoms. The highest BCUT2D eigenvalue weighted by Gasteiger charge is 2.13. The van der Waals surface area contributed by atoms with E-state index in [2.05, 4.69) is 4.90 Å². The minimum absolute atomic E-state index is 0.154. The van der Waals surface area contributed by atoms with Crippen molar-refractivity contribution in [2.45, 2.75) is 20.0 Å². The Morgan fingerprint density at radius 2 is 2.09 bits per heavy atom. The third-order valence-electron chi connectivity index (χ3n) is 3.36. The van der Waals surface area contributed by atoms with Crippen LogP contribution >= 0.6 is 0 Å². The zero-order valence-corrected chi connectivity index (χ0v) is 13.2. The van der Waals surface area contributed by atoms with E-state index in [1.165, 1.54) is 0 Å². The van der Waals surface area contributed by atoms with Gasteiger partial charge in [0.2, 0.25) is 0 Å². The largest absolute Gasteiger partial charge is 0.490 e. The maximum Gasteiger partial charge on any atom is 0.338 e. The summed E-state index contributed by atoms with van der Waals surface area (Å²) in [5, 5.41) is 0. The Morgan fingerprint density at radius 1 is 1.36 bits per heavy atom. The number of nitrogens with two attached hydrogens (primary N) is 1. The number of anilines is 1. The average molecular weight is 308 g/mol. The molecular weight excluding hydrogens is 284 g/mol. The maximum absolute atomic E-state index is 11.8. The van der Waals surface area contributed by atoms with Gasteiger partial charge in [-0.15, -0.1) is 0 Å². The monoisotopic (exact) mass is 308 g/mol. The summed E-state index contributed by atoms with van der Waals surface area (Å²) < 4.78 is 16.1. The van der Waals surface area contributed by atoms with Crippen LogP contribution in [0, 0.1) is 0 Å². The number of nitrogen functional groups attached to an aromatic ring is 1. The van der Waals surface area contributed by atoms with Crippen molar-refractivity contribution in [1.82, 2.24) is 4.90 Å². The van der Waals surface area contributed by atoms with Crippen molar-refractivity contribution in [3.8, 4) is 5.75 Å². The minimum atomic E-state index is -0.374. The Kier molecular flexibility index (Phi) is 6.03. The highest BCUT2D eigenvalue weighted by atomic mass is 16.5. The van der Waals surface area contributed by atoms with E-state index in [0.717, 1.165) is 32.8 Å². The quantitative estimate of drug-likeness (QED) is 0.635. The van der Waals surface area contributed by atoms with Crippen LogP contribution in [-0.4, -0.2) is 56.4 Å². The van der Waals surface area contributed by atoms with E-state index in [1.54, 1.807) is 18.2 Å². The number of hydrogen-bond acceptors (Lipinski definition) is 6. The van der Waals surface area contributed by atoms with Gasteiger partial charge in [-0.25, -0.2) is 4.79 Å². The SMILES string of the molecule is CC(C)OC(=O)c1ccc(OCCN2CCOCC2)c(N)c1. The number of ether oxygens (including phenoxy) is 3. The molecule has 1 heterocycles. The molecule has 2 rings (SSSR count). The van der Waals surface area contributed by atoms with Crippen molar-refractivity contribution in [2.75, 3.05) is 45.2 Å². The second-order valence-electron chi connectivity index (χ2n) is 5.51. The van der Waals surface area contributed by atoms with E-state index in [-0.39, 0.29) is 12.1 Å². The molecule has 0 unspecified atom stereocenters. The summed E-state index contributed by atoms with van der Waals surface area (Å²) in [6.45, 7) is 8.41. The van der Waals surface area contributed by atoms with Gasteiger partial charge in [-0.05, 0) is 32.0 Å². The molecule has 0 spiro atoms. The lowest BCUT2D eigenvalue weighted by Crippen LogP contribution is -2.38. The highest BCUT2D eigenvalue weighted by molar-refractivity contribution is 5.91. The molecule has 1 saturated heterocycles. The summed E-state index contributed by atoms with van der Waals surface area (Å²) >= 11 is 0. The molecule has 1 fully saturated rings. The zero-order chi connectivity index (χ0) is 15.9. The molecule has 1 aliphatic heterocycles. The summed E-state index contributed by atoms with van der Waals surface area (Å²) in [6.07, 6.45) is -0.154. The zero-order valence-electron chi connectivity index (χ0n) is 13.2. The lowest BCUT2D eigenvalue weighted by Gasteiger charge is -2.26. The van der Waals surface area contributed by atoms with Crippen LogP contribution in [0.3, 0.4) is 0 Å². The molecule has 1 aliphatic rings. The number of benzene rings is 1. The van der Waals surface area contributed by atoms with Crippen LogP contribution in [0.2, 0.25) is 0 Å². The number of rotatable bonds is 6. The van der Waals surface area contributed by atoms with Crippen LogP contribution in [0.25, 0.3) is 0 Å². The normalized spacial score (nSPS) is 15.8.